The van der Waals surface area contributed by atoms with Crippen molar-refractivity contribution in [3.63, 3.8) is 0 Å². The van der Waals surface area contributed by atoms with Crippen LogP contribution in [0.1, 0.15) is 76.3 Å². The molecule has 0 radical (unpaired) electrons. The Kier molecular flexibility index (Phi) is 9.63. The molecule has 3 aromatic heterocycles. The molecule has 4 aliphatic heterocycles. The zero-order chi connectivity index (χ0) is 38.4. The van der Waals surface area contributed by atoms with Crippen LogP contribution in [0.15, 0.2) is 48.9 Å². The Labute approximate surface area is 315 Å². The summed E-state index contributed by atoms with van der Waals surface area (Å²) in [7, 11) is 0. The third-order valence-electron chi connectivity index (χ3n) is 10.6. The summed E-state index contributed by atoms with van der Waals surface area (Å²) >= 11 is 0. The average Bonchev–Trinajstić information content (AvgIpc) is 3.71. The van der Waals surface area contributed by atoms with E-state index in [1.165, 1.54) is 22.8 Å². The number of piperidine rings is 2. The SMILES string of the molecule is CC(C)Oc1nc2c(cc1NC(=O)c1cnn3cccnc13)CN(C1CCN(CC3CN(c4ccc(C(=O)NC5CCC(=O)NC5=O)c(F)c4)C3)CC1)C2=O. The van der Waals surface area contributed by atoms with E-state index < -0.39 is 35.5 Å². The number of fused-ring (bicyclic) bond motifs is 2. The molecule has 0 spiro atoms. The zero-order valence-corrected chi connectivity index (χ0v) is 30.5. The van der Waals surface area contributed by atoms with Crippen LogP contribution in [0.25, 0.3) is 5.65 Å². The lowest BCUT2D eigenvalue weighted by Gasteiger charge is -2.45. The van der Waals surface area contributed by atoms with Gasteiger partial charge in [0.2, 0.25) is 17.7 Å². The molecule has 3 fully saturated rings. The van der Waals surface area contributed by atoms with E-state index >= 15 is 4.39 Å². The van der Waals surface area contributed by atoms with E-state index in [1.54, 1.807) is 30.6 Å². The van der Waals surface area contributed by atoms with Gasteiger partial charge in [0.25, 0.3) is 17.7 Å². The fourth-order valence-corrected chi connectivity index (χ4v) is 7.74. The maximum absolute atomic E-state index is 15.0. The lowest BCUT2D eigenvalue weighted by Crippen LogP contribution is -2.54. The molecule has 286 valence electrons. The molecule has 0 saturated carbocycles. The minimum Gasteiger partial charge on any atom is -0.473 e. The fourth-order valence-electron chi connectivity index (χ4n) is 7.74. The molecule has 0 aliphatic carbocycles. The van der Waals surface area contributed by atoms with Gasteiger partial charge in [0.15, 0.2) is 5.65 Å². The van der Waals surface area contributed by atoms with Gasteiger partial charge in [0.1, 0.15) is 28.8 Å². The van der Waals surface area contributed by atoms with Crippen molar-refractivity contribution in [3.05, 3.63) is 77.1 Å². The second kappa shape index (κ2) is 14.7. The molecule has 1 unspecified atom stereocenters. The average molecular weight is 753 g/mol. The summed E-state index contributed by atoms with van der Waals surface area (Å²) in [5.74, 6) is -2.34. The fraction of sp³-hybridized carbons (Fsp3) is 0.421. The number of imide groups is 1. The van der Waals surface area contributed by atoms with Crippen molar-refractivity contribution in [2.75, 3.05) is 42.9 Å². The number of nitrogens with one attached hydrogen (secondary N) is 3. The first kappa shape index (κ1) is 36.0. The third-order valence-corrected chi connectivity index (χ3v) is 10.6. The summed E-state index contributed by atoms with van der Waals surface area (Å²) in [6, 6.07) is 7.14. The van der Waals surface area contributed by atoms with Gasteiger partial charge >= 0.3 is 0 Å². The number of anilines is 2. The molecule has 55 heavy (non-hydrogen) atoms. The molecule has 4 aliphatic rings. The predicted octanol–water partition coefficient (Wildman–Crippen LogP) is 2.39. The molecular weight excluding hydrogens is 711 g/mol. The number of aromatic nitrogens is 4. The van der Waals surface area contributed by atoms with E-state index in [0.717, 1.165) is 51.1 Å². The number of pyridine rings is 1. The van der Waals surface area contributed by atoms with Gasteiger partial charge in [-0.3, -0.25) is 29.3 Å². The standard InChI is InChI=1S/C38H41FN10O6/c1-21(2)55-37-30(43-35(52)27-16-41-49-11-3-10-40-33(27)49)14-23-20-48(38(54)32(23)45-37)24-8-12-46(13-9-24)17-22-18-47(19-22)25-4-5-26(28(39)15-25)34(51)42-29-6-7-31(50)44-36(29)53/h3-5,10-11,14-16,21-22,24,29H,6-9,12-13,17-20H2,1-2H3,(H,42,51)(H,43,52)(H,44,50,53). The van der Waals surface area contributed by atoms with Gasteiger partial charge in [-0.15, -0.1) is 0 Å². The Bertz CT molecular complexity index is 2200. The Hall–Kier alpha value is -5.97. The van der Waals surface area contributed by atoms with Crippen molar-refractivity contribution >= 4 is 46.6 Å². The van der Waals surface area contributed by atoms with Gasteiger partial charge in [0.05, 0.1) is 17.9 Å². The highest BCUT2D eigenvalue weighted by atomic mass is 19.1. The predicted molar refractivity (Wildman–Crippen MR) is 196 cm³/mol. The number of hydrogen-bond donors (Lipinski definition) is 3. The first-order chi connectivity index (χ1) is 26.5. The third kappa shape index (κ3) is 7.30. The number of nitrogens with zero attached hydrogens (tertiary/aromatic N) is 7. The quantitative estimate of drug-likeness (QED) is 0.202. The smallest absolute Gasteiger partial charge is 0.273 e. The van der Waals surface area contributed by atoms with Gasteiger partial charge in [-0.05, 0) is 63.4 Å². The van der Waals surface area contributed by atoms with Crippen LogP contribution in [-0.2, 0) is 16.1 Å². The molecule has 5 amide bonds. The van der Waals surface area contributed by atoms with Crippen LogP contribution < -0.4 is 25.6 Å². The highest BCUT2D eigenvalue weighted by Crippen LogP contribution is 2.35. The Morgan fingerprint density at radius 2 is 1.85 bits per heavy atom. The Balaban J connectivity index is 0.835. The number of halogens is 1. The van der Waals surface area contributed by atoms with Crippen molar-refractivity contribution in [2.24, 2.45) is 5.92 Å². The molecule has 17 heteroatoms. The largest absolute Gasteiger partial charge is 0.473 e. The summed E-state index contributed by atoms with van der Waals surface area (Å²) in [6.45, 7) is 8.14. The highest BCUT2D eigenvalue weighted by Gasteiger charge is 2.38. The number of carbonyl (C=O) groups is 5. The number of benzene rings is 1. The van der Waals surface area contributed by atoms with Gasteiger partial charge < -0.3 is 30.1 Å². The lowest BCUT2D eigenvalue weighted by atomic mass is 9.96. The van der Waals surface area contributed by atoms with Crippen molar-refractivity contribution in [1.82, 2.24) is 40.0 Å². The molecule has 4 aromatic rings. The summed E-state index contributed by atoms with van der Waals surface area (Å²) in [5.41, 5.74) is 2.69. The van der Waals surface area contributed by atoms with Crippen molar-refractivity contribution < 1.29 is 33.1 Å². The number of amides is 5. The number of ether oxygens (including phenoxy) is 1. The molecule has 1 aromatic carbocycles. The normalized spacial score (nSPS) is 19.4. The van der Waals surface area contributed by atoms with Crippen LogP contribution in [0.3, 0.4) is 0 Å². The maximum atomic E-state index is 15.0. The minimum atomic E-state index is -0.879. The van der Waals surface area contributed by atoms with Gasteiger partial charge in [0, 0.05) is 81.3 Å². The Morgan fingerprint density at radius 3 is 2.60 bits per heavy atom. The van der Waals surface area contributed by atoms with Crippen molar-refractivity contribution in [2.45, 2.75) is 64.3 Å². The summed E-state index contributed by atoms with van der Waals surface area (Å²) in [5, 5.41) is 11.8. The molecule has 16 nitrogen and oxygen atoms in total. The molecule has 1 atom stereocenters. The van der Waals surface area contributed by atoms with E-state index in [4.69, 9.17) is 4.74 Å². The second-order valence-electron chi connectivity index (χ2n) is 14.8. The summed E-state index contributed by atoms with van der Waals surface area (Å²) < 4.78 is 22.5. The number of rotatable bonds is 10. The van der Waals surface area contributed by atoms with Crippen LogP contribution in [0.5, 0.6) is 5.88 Å². The Morgan fingerprint density at radius 1 is 1.05 bits per heavy atom. The number of hydrogen-bond acceptors (Lipinski definition) is 11. The first-order valence-corrected chi connectivity index (χ1v) is 18.5. The summed E-state index contributed by atoms with van der Waals surface area (Å²) in [6.07, 6.45) is 6.42. The zero-order valence-electron chi connectivity index (χ0n) is 30.5. The molecule has 0 bridgehead atoms. The summed E-state index contributed by atoms with van der Waals surface area (Å²) in [4.78, 5) is 78.3. The van der Waals surface area contributed by atoms with Crippen LogP contribution >= 0.6 is 0 Å². The van der Waals surface area contributed by atoms with Crippen LogP contribution in [-0.4, -0.2) is 110 Å². The van der Waals surface area contributed by atoms with E-state index in [0.29, 0.717) is 40.7 Å². The van der Waals surface area contributed by atoms with Crippen LogP contribution in [0.4, 0.5) is 15.8 Å². The van der Waals surface area contributed by atoms with Crippen LogP contribution in [0.2, 0.25) is 0 Å². The van der Waals surface area contributed by atoms with E-state index in [2.05, 4.69) is 40.8 Å². The van der Waals surface area contributed by atoms with Crippen molar-refractivity contribution in [1.29, 1.82) is 0 Å². The second-order valence-corrected chi connectivity index (χ2v) is 14.8. The highest BCUT2D eigenvalue weighted by molar-refractivity contribution is 6.09. The molecule has 3 N–H and O–H groups in total. The monoisotopic (exact) mass is 752 g/mol. The van der Waals surface area contributed by atoms with E-state index in [9.17, 15) is 24.0 Å². The molecule has 3 saturated heterocycles. The molecule has 7 heterocycles. The molecular formula is C38H41FN10O6. The van der Waals surface area contributed by atoms with Gasteiger partial charge in [-0.25, -0.2) is 18.9 Å². The lowest BCUT2D eigenvalue weighted by molar-refractivity contribution is -0.134. The maximum Gasteiger partial charge on any atom is 0.273 e. The first-order valence-electron chi connectivity index (χ1n) is 18.5. The van der Waals surface area contributed by atoms with E-state index in [1.807, 2.05) is 18.7 Å². The van der Waals surface area contributed by atoms with Crippen molar-refractivity contribution in [3.8, 4) is 5.88 Å². The number of likely N-dealkylation sites (tertiary alicyclic amines) is 1. The van der Waals surface area contributed by atoms with E-state index in [-0.39, 0.29) is 42.3 Å². The van der Waals surface area contributed by atoms with Gasteiger partial charge in [-0.1, -0.05) is 0 Å². The number of carbonyl (C=O) groups excluding carboxylic acids is 5. The van der Waals surface area contributed by atoms with Gasteiger partial charge in [-0.2, -0.15) is 5.10 Å². The topological polar surface area (TPSA) is 183 Å². The van der Waals surface area contributed by atoms with Crippen LogP contribution in [0, 0.1) is 11.7 Å². The molecule has 8 rings (SSSR count). The minimum absolute atomic E-state index is 0.0434.